The number of carbonyl (C=O) groups excluding carboxylic acids is 1. The average Bonchev–Trinajstić information content (AvgIpc) is 3.37. The highest BCUT2D eigenvalue weighted by Gasteiger charge is 2.12. The number of fused-ring (bicyclic) bond motifs is 1. The number of nitrogens with one attached hydrogen (secondary N) is 2. The molecule has 0 spiro atoms. The van der Waals surface area contributed by atoms with Crippen LogP contribution in [-0.2, 0) is 0 Å². The van der Waals surface area contributed by atoms with Crippen molar-refractivity contribution in [2.75, 3.05) is 18.4 Å². The van der Waals surface area contributed by atoms with Crippen molar-refractivity contribution >= 4 is 22.8 Å². The molecule has 0 aliphatic heterocycles. The molecule has 9 heteroatoms. The van der Waals surface area contributed by atoms with Gasteiger partial charge in [-0.3, -0.25) is 9.48 Å². The Bertz CT molecular complexity index is 1180. The van der Waals surface area contributed by atoms with E-state index < -0.39 is 5.82 Å². The van der Waals surface area contributed by atoms with E-state index in [0.717, 1.165) is 16.5 Å². The van der Waals surface area contributed by atoms with Gasteiger partial charge >= 0.3 is 6.01 Å². The summed E-state index contributed by atoms with van der Waals surface area (Å²) in [5, 5.41) is 15.1. The van der Waals surface area contributed by atoms with Crippen LogP contribution in [-0.4, -0.2) is 38.9 Å². The van der Waals surface area contributed by atoms with Crippen molar-refractivity contribution in [1.82, 2.24) is 25.2 Å². The molecule has 4 aromatic rings. The number of nitrogens with zero attached hydrogens (tertiary/aromatic N) is 4. The van der Waals surface area contributed by atoms with Gasteiger partial charge in [0.1, 0.15) is 5.82 Å². The fourth-order valence-corrected chi connectivity index (χ4v) is 3.08. The van der Waals surface area contributed by atoms with Crippen molar-refractivity contribution in [3.05, 3.63) is 60.0 Å². The summed E-state index contributed by atoms with van der Waals surface area (Å²) in [4.78, 5) is 16.3. The van der Waals surface area contributed by atoms with E-state index in [0.29, 0.717) is 18.9 Å². The Morgan fingerprint density at radius 1 is 1.20 bits per heavy atom. The second-order valence-corrected chi connectivity index (χ2v) is 7.07. The molecule has 0 saturated heterocycles. The molecule has 2 N–H and O–H groups in total. The smallest absolute Gasteiger partial charge is 0.321 e. The second-order valence-electron chi connectivity index (χ2n) is 7.07. The lowest BCUT2D eigenvalue weighted by Crippen LogP contribution is -2.28. The molecule has 0 fully saturated rings. The van der Waals surface area contributed by atoms with Gasteiger partial charge in [0.25, 0.3) is 5.91 Å². The van der Waals surface area contributed by atoms with Crippen LogP contribution in [0.5, 0.6) is 0 Å². The highest BCUT2D eigenvalue weighted by atomic mass is 19.1. The van der Waals surface area contributed by atoms with Crippen molar-refractivity contribution < 1.29 is 13.7 Å². The Kier molecular flexibility index (Phi) is 5.42. The number of amides is 1. The first-order chi connectivity index (χ1) is 14.5. The molecule has 8 nitrogen and oxygen atoms in total. The average molecular weight is 408 g/mol. The summed E-state index contributed by atoms with van der Waals surface area (Å²) in [5.41, 5.74) is 2.09. The van der Waals surface area contributed by atoms with E-state index in [1.54, 1.807) is 6.07 Å². The zero-order valence-corrected chi connectivity index (χ0v) is 16.6. The van der Waals surface area contributed by atoms with E-state index in [1.807, 2.05) is 29.1 Å². The largest absolute Gasteiger partial charge is 0.350 e. The van der Waals surface area contributed by atoms with E-state index in [1.165, 1.54) is 18.2 Å². The molecule has 2 heterocycles. The van der Waals surface area contributed by atoms with Gasteiger partial charge in [-0.1, -0.05) is 23.4 Å². The van der Waals surface area contributed by atoms with Gasteiger partial charge in [0.05, 0.1) is 11.7 Å². The maximum Gasteiger partial charge on any atom is 0.321 e. The van der Waals surface area contributed by atoms with Gasteiger partial charge in [-0.15, -0.1) is 0 Å². The van der Waals surface area contributed by atoms with E-state index in [-0.39, 0.29) is 23.5 Å². The maximum atomic E-state index is 13.2. The molecule has 30 heavy (non-hydrogen) atoms. The quantitative estimate of drug-likeness (QED) is 0.453. The Balaban J connectivity index is 1.36. The lowest BCUT2D eigenvalue weighted by molar-refractivity contribution is 0.0954. The number of hydrogen-bond acceptors (Lipinski definition) is 6. The first kappa shape index (κ1) is 19.6. The molecule has 1 amide bonds. The standard InChI is InChI=1S/C21H21FN6O2/c1-13(2)28-18-11-14(6-7-16(18)12-25-28)19-26-21(30-27-19)24-9-8-23-20(29)15-4-3-5-17(22)10-15/h3-7,10-13H,8-9H2,1-2H3,(H,23,29)(H,24,26,27). The van der Waals surface area contributed by atoms with Gasteiger partial charge in [-0.2, -0.15) is 10.1 Å². The van der Waals surface area contributed by atoms with E-state index in [9.17, 15) is 9.18 Å². The Morgan fingerprint density at radius 2 is 2.07 bits per heavy atom. The number of halogens is 1. The predicted molar refractivity (Wildman–Crippen MR) is 111 cm³/mol. The minimum Gasteiger partial charge on any atom is -0.350 e. The van der Waals surface area contributed by atoms with Crippen molar-refractivity contribution in [2.45, 2.75) is 19.9 Å². The number of anilines is 1. The number of benzene rings is 2. The van der Waals surface area contributed by atoms with Gasteiger partial charge in [0.2, 0.25) is 5.82 Å². The minimum atomic E-state index is -0.450. The minimum absolute atomic E-state index is 0.239. The molecule has 2 aromatic carbocycles. The first-order valence-electron chi connectivity index (χ1n) is 9.60. The van der Waals surface area contributed by atoms with Crippen LogP contribution in [0.15, 0.2) is 53.2 Å². The van der Waals surface area contributed by atoms with Gasteiger partial charge in [-0.05, 0) is 38.1 Å². The lowest BCUT2D eigenvalue weighted by atomic mass is 10.1. The summed E-state index contributed by atoms with van der Waals surface area (Å²) in [6.07, 6.45) is 1.83. The Morgan fingerprint density at radius 3 is 2.87 bits per heavy atom. The summed E-state index contributed by atoms with van der Waals surface area (Å²) in [7, 11) is 0. The molecule has 0 unspecified atom stereocenters. The van der Waals surface area contributed by atoms with Crippen molar-refractivity contribution in [3.63, 3.8) is 0 Å². The number of aromatic nitrogens is 4. The van der Waals surface area contributed by atoms with Crippen molar-refractivity contribution in [3.8, 4) is 11.4 Å². The van der Waals surface area contributed by atoms with Crippen LogP contribution in [0.4, 0.5) is 10.4 Å². The Labute approximate surface area is 172 Å². The highest BCUT2D eigenvalue weighted by Crippen LogP contribution is 2.24. The highest BCUT2D eigenvalue weighted by molar-refractivity contribution is 5.94. The topological polar surface area (TPSA) is 97.9 Å². The van der Waals surface area contributed by atoms with E-state index in [4.69, 9.17) is 4.52 Å². The fourth-order valence-electron chi connectivity index (χ4n) is 3.08. The number of carbonyl (C=O) groups is 1. The summed E-state index contributed by atoms with van der Waals surface area (Å²) in [6, 6.07) is 11.9. The lowest BCUT2D eigenvalue weighted by Gasteiger charge is -2.07. The van der Waals surface area contributed by atoms with Crippen molar-refractivity contribution in [1.29, 1.82) is 0 Å². The van der Waals surface area contributed by atoms with Gasteiger partial charge in [0, 0.05) is 35.6 Å². The van der Waals surface area contributed by atoms with E-state index >= 15 is 0 Å². The fraction of sp³-hybridized carbons (Fsp3) is 0.238. The summed E-state index contributed by atoms with van der Waals surface area (Å²) in [6.45, 7) is 4.83. The van der Waals surface area contributed by atoms with Crippen LogP contribution in [0.3, 0.4) is 0 Å². The third-order valence-electron chi connectivity index (χ3n) is 4.55. The van der Waals surface area contributed by atoms with Crippen molar-refractivity contribution in [2.24, 2.45) is 0 Å². The van der Waals surface area contributed by atoms with Crippen LogP contribution in [0.2, 0.25) is 0 Å². The summed E-state index contributed by atoms with van der Waals surface area (Å²) in [5.74, 6) is -0.342. The van der Waals surface area contributed by atoms with Crippen LogP contribution in [0.1, 0.15) is 30.2 Å². The van der Waals surface area contributed by atoms with Crippen LogP contribution in [0.25, 0.3) is 22.3 Å². The molecule has 0 bridgehead atoms. The molecule has 0 saturated carbocycles. The molecular formula is C21H21FN6O2. The molecule has 0 atom stereocenters. The summed E-state index contributed by atoms with van der Waals surface area (Å²) >= 11 is 0. The van der Waals surface area contributed by atoms with Gasteiger partial charge < -0.3 is 15.2 Å². The van der Waals surface area contributed by atoms with Gasteiger partial charge in [-0.25, -0.2) is 4.39 Å². The molecular weight excluding hydrogens is 387 g/mol. The molecule has 2 aromatic heterocycles. The third-order valence-corrected chi connectivity index (χ3v) is 4.55. The normalized spacial score (nSPS) is 11.2. The van der Waals surface area contributed by atoms with Crippen LogP contribution < -0.4 is 10.6 Å². The third kappa shape index (κ3) is 4.14. The molecule has 154 valence electrons. The van der Waals surface area contributed by atoms with Crippen LogP contribution in [0, 0.1) is 5.82 Å². The predicted octanol–water partition coefficient (Wildman–Crippen LogP) is 3.65. The Hall–Kier alpha value is -3.75. The number of hydrogen-bond donors (Lipinski definition) is 2. The first-order valence-corrected chi connectivity index (χ1v) is 9.60. The summed E-state index contributed by atoms with van der Waals surface area (Å²) < 4.78 is 20.4. The zero-order chi connectivity index (χ0) is 21.1. The molecule has 4 rings (SSSR count). The van der Waals surface area contributed by atoms with Gasteiger partial charge in [0.15, 0.2) is 0 Å². The molecule has 0 radical (unpaired) electrons. The molecule has 0 aliphatic rings. The number of rotatable bonds is 7. The SMILES string of the molecule is CC(C)n1ncc2ccc(-c3noc(NCCNC(=O)c4cccc(F)c4)n3)cc21. The zero-order valence-electron chi connectivity index (χ0n) is 16.6. The maximum absolute atomic E-state index is 13.2. The second kappa shape index (κ2) is 8.32. The van der Waals surface area contributed by atoms with E-state index in [2.05, 4.69) is 39.7 Å². The monoisotopic (exact) mass is 408 g/mol. The molecule has 0 aliphatic carbocycles. The van der Waals surface area contributed by atoms with Crippen LogP contribution >= 0.6 is 0 Å².